The fraction of sp³-hybridized carbons (Fsp3) is 0.345. The summed E-state index contributed by atoms with van der Waals surface area (Å²) in [6.45, 7) is 3.53. The summed E-state index contributed by atoms with van der Waals surface area (Å²) >= 11 is 0. The van der Waals surface area contributed by atoms with E-state index >= 15 is 0 Å². The van der Waals surface area contributed by atoms with Crippen LogP contribution in [0.5, 0.6) is 5.75 Å². The van der Waals surface area contributed by atoms with Crippen LogP contribution in [0.2, 0.25) is 0 Å². The first kappa shape index (κ1) is 25.8. The number of nitrogens with one attached hydrogen (secondary N) is 1. The van der Waals surface area contributed by atoms with Crippen molar-refractivity contribution in [1.29, 1.82) is 0 Å². The zero-order valence-electron chi connectivity index (χ0n) is 21.2. The first-order chi connectivity index (χ1) is 17.3. The van der Waals surface area contributed by atoms with E-state index in [1.807, 2.05) is 19.9 Å². The lowest BCUT2D eigenvalue weighted by Crippen LogP contribution is -2.42. The molecule has 0 heterocycles. The molecular weight excluding hydrogens is 472 g/mol. The molecule has 3 aromatic rings. The summed E-state index contributed by atoms with van der Waals surface area (Å²) in [7, 11) is -2.53. The van der Waals surface area contributed by atoms with Gasteiger partial charge in [-0.1, -0.05) is 49.4 Å². The number of hydrogen-bond acceptors (Lipinski definition) is 4. The highest BCUT2D eigenvalue weighted by Gasteiger charge is 2.30. The monoisotopic (exact) mass is 506 g/mol. The highest BCUT2D eigenvalue weighted by Crippen LogP contribution is 2.33. The van der Waals surface area contributed by atoms with Crippen LogP contribution in [0.15, 0.2) is 71.6 Å². The van der Waals surface area contributed by atoms with Gasteiger partial charge in [0, 0.05) is 0 Å². The number of rotatable bonds is 9. The van der Waals surface area contributed by atoms with Gasteiger partial charge in [0.15, 0.2) is 0 Å². The van der Waals surface area contributed by atoms with E-state index in [4.69, 9.17) is 4.74 Å². The number of nitrogens with zero attached hydrogens (tertiary/aromatic N) is 1. The Labute approximate surface area is 214 Å². The van der Waals surface area contributed by atoms with Gasteiger partial charge in [-0.15, -0.1) is 0 Å². The molecule has 1 amide bonds. The second-order valence-electron chi connectivity index (χ2n) is 9.26. The standard InChI is InChI=1S/C29H34N2O4S/c1-4-26(24-16-15-22-10-8-9-11-23(22)19-24)30-29(32)20-31(27-18-21(2)14-17-28(27)35-3)36(33,34)25-12-6-5-7-13-25/h5-7,12-19,26H,4,8-11,20H2,1-3H3,(H,30,32)/t26-/m1/s1. The van der Waals surface area contributed by atoms with Crippen molar-refractivity contribution in [2.45, 2.75) is 56.9 Å². The molecule has 0 bridgehead atoms. The van der Waals surface area contributed by atoms with Crippen LogP contribution < -0.4 is 14.4 Å². The SMILES string of the molecule is CC[C@@H](NC(=O)CN(c1cc(C)ccc1OC)S(=O)(=O)c1ccccc1)c1ccc2c(c1)CCCC2. The Balaban J connectivity index is 1.64. The van der Waals surface area contributed by atoms with Crippen molar-refractivity contribution in [2.24, 2.45) is 0 Å². The van der Waals surface area contributed by atoms with E-state index in [1.54, 1.807) is 30.3 Å². The normalized spacial score (nSPS) is 14.0. The van der Waals surface area contributed by atoms with E-state index in [0.717, 1.165) is 28.3 Å². The number of ether oxygens (including phenoxy) is 1. The molecular formula is C29H34N2O4S. The summed E-state index contributed by atoms with van der Waals surface area (Å²) in [5.41, 5.74) is 4.98. The minimum atomic E-state index is -4.03. The molecule has 0 unspecified atom stereocenters. The Morgan fingerprint density at radius 3 is 2.42 bits per heavy atom. The third-order valence-electron chi connectivity index (χ3n) is 6.74. The number of carbonyl (C=O) groups excluding carboxylic acids is 1. The van der Waals surface area contributed by atoms with Crippen LogP contribution in [-0.2, 0) is 27.7 Å². The molecule has 4 rings (SSSR count). The Kier molecular flexibility index (Phi) is 7.99. The second-order valence-corrected chi connectivity index (χ2v) is 11.1. The molecule has 6 nitrogen and oxygen atoms in total. The number of sulfonamides is 1. The molecule has 1 aliphatic rings. The molecule has 0 spiro atoms. The number of carbonyl (C=O) groups is 1. The number of benzene rings is 3. The van der Waals surface area contributed by atoms with Gasteiger partial charge in [0.25, 0.3) is 10.0 Å². The van der Waals surface area contributed by atoms with Crippen molar-refractivity contribution < 1.29 is 17.9 Å². The zero-order chi connectivity index (χ0) is 25.7. The molecule has 0 radical (unpaired) electrons. The molecule has 0 saturated carbocycles. The highest BCUT2D eigenvalue weighted by molar-refractivity contribution is 7.92. The second kappa shape index (κ2) is 11.2. The predicted molar refractivity (Wildman–Crippen MR) is 143 cm³/mol. The van der Waals surface area contributed by atoms with Crippen LogP contribution >= 0.6 is 0 Å². The molecule has 0 aromatic heterocycles. The number of methoxy groups -OCH3 is 1. The van der Waals surface area contributed by atoms with Gasteiger partial charge in [-0.25, -0.2) is 8.42 Å². The van der Waals surface area contributed by atoms with Gasteiger partial charge in [0.1, 0.15) is 12.3 Å². The van der Waals surface area contributed by atoms with E-state index in [2.05, 4.69) is 23.5 Å². The summed E-state index contributed by atoms with van der Waals surface area (Å²) in [6, 6.07) is 19.7. The fourth-order valence-electron chi connectivity index (χ4n) is 4.78. The summed E-state index contributed by atoms with van der Waals surface area (Å²) < 4.78 is 34.1. The lowest BCUT2D eigenvalue weighted by molar-refractivity contribution is -0.120. The minimum Gasteiger partial charge on any atom is -0.495 e. The summed E-state index contributed by atoms with van der Waals surface area (Å²) in [4.78, 5) is 13.5. The summed E-state index contributed by atoms with van der Waals surface area (Å²) in [6.07, 6.45) is 5.26. The van der Waals surface area contributed by atoms with Crippen LogP contribution in [0.4, 0.5) is 5.69 Å². The van der Waals surface area contributed by atoms with E-state index in [1.165, 1.54) is 43.2 Å². The van der Waals surface area contributed by atoms with Crippen LogP contribution in [-0.4, -0.2) is 28.0 Å². The number of amides is 1. The smallest absolute Gasteiger partial charge is 0.264 e. The van der Waals surface area contributed by atoms with E-state index in [-0.39, 0.29) is 23.4 Å². The summed E-state index contributed by atoms with van der Waals surface area (Å²) in [5.74, 6) is 0.0114. The molecule has 0 fully saturated rings. The van der Waals surface area contributed by atoms with Gasteiger partial charge in [-0.2, -0.15) is 0 Å². The summed E-state index contributed by atoms with van der Waals surface area (Å²) in [5, 5.41) is 3.08. The Morgan fingerprint density at radius 2 is 1.72 bits per heavy atom. The average molecular weight is 507 g/mol. The first-order valence-corrected chi connectivity index (χ1v) is 13.9. The molecule has 1 atom stereocenters. The number of anilines is 1. The van der Waals surface area contributed by atoms with Crippen LogP contribution in [0.1, 0.15) is 54.5 Å². The molecule has 1 N–H and O–H groups in total. The first-order valence-electron chi connectivity index (χ1n) is 12.5. The maximum atomic E-state index is 13.7. The van der Waals surface area contributed by atoms with Crippen molar-refractivity contribution in [3.63, 3.8) is 0 Å². The van der Waals surface area contributed by atoms with Gasteiger partial charge >= 0.3 is 0 Å². The minimum absolute atomic E-state index is 0.114. The molecule has 3 aromatic carbocycles. The van der Waals surface area contributed by atoms with Gasteiger partial charge in [0.05, 0.1) is 23.7 Å². The van der Waals surface area contributed by atoms with Crippen LogP contribution in [0.3, 0.4) is 0 Å². The Bertz CT molecular complexity index is 1320. The van der Waals surface area contributed by atoms with Crippen molar-refractivity contribution in [2.75, 3.05) is 18.0 Å². The topological polar surface area (TPSA) is 75.7 Å². The van der Waals surface area contributed by atoms with Crippen LogP contribution in [0, 0.1) is 6.92 Å². The molecule has 36 heavy (non-hydrogen) atoms. The highest BCUT2D eigenvalue weighted by atomic mass is 32.2. The molecule has 190 valence electrons. The molecule has 0 aliphatic heterocycles. The number of hydrogen-bond donors (Lipinski definition) is 1. The number of aryl methyl sites for hydroxylation is 3. The maximum Gasteiger partial charge on any atom is 0.264 e. The molecule has 0 saturated heterocycles. The quantitative estimate of drug-likeness (QED) is 0.425. The van der Waals surface area contributed by atoms with Crippen molar-refractivity contribution >= 4 is 21.6 Å². The van der Waals surface area contributed by atoms with Crippen molar-refractivity contribution in [1.82, 2.24) is 5.32 Å². The van der Waals surface area contributed by atoms with Crippen molar-refractivity contribution in [3.8, 4) is 5.75 Å². The third kappa shape index (κ3) is 5.57. The van der Waals surface area contributed by atoms with Gasteiger partial charge < -0.3 is 10.1 Å². The molecule has 7 heteroatoms. The largest absolute Gasteiger partial charge is 0.495 e. The van der Waals surface area contributed by atoms with Crippen molar-refractivity contribution in [3.05, 3.63) is 89.0 Å². The van der Waals surface area contributed by atoms with E-state index < -0.39 is 10.0 Å². The zero-order valence-corrected chi connectivity index (χ0v) is 22.0. The van der Waals surface area contributed by atoms with Gasteiger partial charge in [0.2, 0.25) is 5.91 Å². The lowest BCUT2D eigenvalue weighted by atomic mass is 9.89. The van der Waals surface area contributed by atoms with E-state index in [0.29, 0.717) is 17.9 Å². The fourth-order valence-corrected chi connectivity index (χ4v) is 6.22. The lowest BCUT2D eigenvalue weighted by Gasteiger charge is -2.27. The average Bonchev–Trinajstić information content (AvgIpc) is 2.90. The van der Waals surface area contributed by atoms with Crippen LogP contribution in [0.25, 0.3) is 0 Å². The maximum absolute atomic E-state index is 13.7. The van der Waals surface area contributed by atoms with Gasteiger partial charge in [-0.05, 0) is 85.5 Å². The number of fused-ring (bicyclic) bond motifs is 1. The Hall–Kier alpha value is -3.32. The predicted octanol–water partition coefficient (Wildman–Crippen LogP) is 5.35. The van der Waals surface area contributed by atoms with E-state index in [9.17, 15) is 13.2 Å². The molecule has 1 aliphatic carbocycles. The third-order valence-corrected chi connectivity index (χ3v) is 8.51. The Morgan fingerprint density at radius 1 is 1.00 bits per heavy atom. The van der Waals surface area contributed by atoms with Gasteiger partial charge in [-0.3, -0.25) is 9.10 Å².